The molecule has 0 amide bonds. The standard InChI is InChI=1S/C12H19BrN4O2S2/c1-2-20-10-4-3-9(6-10)17-21(18,19)11-5-8(13)7-15-12(11)16-14/h5,7,9-10,17H,2-4,6,14H2,1H3,(H,15,16). The summed E-state index contributed by atoms with van der Waals surface area (Å²) in [5.41, 5.74) is 2.33. The van der Waals surface area contributed by atoms with Crippen LogP contribution in [0.25, 0.3) is 0 Å². The number of nitrogens with two attached hydrogens (primary N) is 1. The lowest BCUT2D eigenvalue weighted by Crippen LogP contribution is -2.34. The van der Waals surface area contributed by atoms with Crippen molar-refractivity contribution in [3.8, 4) is 0 Å². The van der Waals surface area contributed by atoms with Gasteiger partial charge in [0, 0.05) is 22.0 Å². The van der Waals surface area contributed by atoms with Crippen molar-refractivity contribution in [2.24, 2.45) is 5.84 Å². The van der Waals surface area contributed by atoms with E-state index in [9.17, 15) is 8.42 Å². The maximum atomic E-state index is 12.5. The van der Waals surface area contributed by atoms with E-state index in [4.69, 9.17) is 5.84 Å². The predicted octanol–water partition coefficient (Wildman–Crippen LogP) is 2.08. The van der Waals surface area contributed by atoms with Crippen LogP contribution in [0.3, 0.4) is 0 Å². The molecule has 0 bridgehead atoms. The van der Waals surface area contributed by atoms with Crippen molar-refractivity contribution in [1.82, 2.24) is 9.71 Å². The number of anilines is 1. The number of rotatable bonds is 6. The number of sulfonamides is 1. The van der Waals surface area contributed by atoms with E-state index in [2.05, 4.69) is 38.0 Å². The molecule has 1 heterocycles. The first kappa shape index (κ1) is 17.0. The lowest BCUT2D eigenvalue weighted by Gasteiger charge is -2.15. The molecular formula is C12H19BrN4O2S2. The van der Waals surface area contributed by atoms with Gasteiger partial charge in [0.1, 0.15) is 4.90 Å². The van der Waals surface area contributed by atoms with E-state index in [0.29, 0.717) is 9.72 Å². The second-order valence-electron chi connectivity index (χ2n) is 4.85. The van der Waals surface area contributed by atoms with Crippen LogP contribution in [0.5, 0.6) is 0 Å². The molecule has 9 heteroatoms. The fourth-order valence-electron chi connectivity index (χ4n) is 2.45. The van der Waals surface area contributed by atoms with Crippen LogP contribution in [0.1, 0.15) is 26.2 Å². The molecule has 1 fully saturated rings. The van der Waals surface area contributed by atoms with Gasteiger partial charge < -0.3 is 5.43 Å². The van der Waals surface area contributed by atoms with E-state index in [-0.39, 0.29) is 16.8 Å². The number of thioether (sulfide) groups is 1. The number of nitrogens with one attached hydrogen (secondary N) is 2. The van der Waals surface area contributed by atoms with Gasteiger partial charge in [0.2, 0.25) is 10.0 Å². The minimum absolute atomic E-state index is 0.0244. The van der Waals surface area contributed by atoms with Crippen LogP contribution in [-0.4, -0.2) is 30.4 Å². The molecule has 0 radical (unpaired) electrons. The Bertz CT molecular complexity index is 597. The van der Waals surface area contributed by atoms with Crippen molar-refractivity contribution in [2.75, 3.05) is 11.2 Å². The second-order valence-corrected chi connectivity index (χ2v) is 9.03. The Morgan fingerprint density at radius 3 is 2.95 bits per heavy atom. The molecule has 2 unspecified atom stereocenters. The first-order chi connectivity index (χ1) is 9.96. The van der Waals surface area contributed by atoms with Gasteiger partial charge in [-0.25, -0.2) is 24.0 Å². The summed E-state index contributed by atoms with van der Waals surface area (Å²) in [5.74, 6) is 6.54. The van der Waals surface area contributed by atoms with Crippen molar-refractivity contribution in [3.05, 3.63) is 16.7 Å². The largest absolute Gasteiger partial charge is 0.307 e. The Balaban J connectivity index is 2.14. The van der Waals surface area contributed by atoms with Crippen LogP contribution < -0.4 is 16.0 Å². The zero-order valence-corrected chi connectivity index (χ0v) is 14.9. The van der Waals surface area contributed by atoms with Crippen LogP contribution in [0, 0.1) is 0 Å². The SMILES string of the molecule is CCSC1CCC(NS(=O)(=O)c2cc(Br)cnc2NN)C1. The number of hydrogen-bond donors (Lipinski definition) is 3. The summed E-state index contributed by atoms with van der Waals surface area (Å²) in [6.45, 7) is 2.12. The molecule has 118 valence electrons. The number of pyridine rings is 1. The van der Waals surface area contributed by atoms with Gasteiger partial charge in [0.15, 0.2) is 5.82 Å². The third-order valence-electron chi connectivity index (χ3n) is 3.35. The van der Waals surface area contributed by atoms with Crippen LogP contribution in [0.15, 0.2) is 21.6 Å². The normalized spacial score (nSPS) is 22.4. The molecule has 6 nitrogen and oxygen atoms in total. The summed E-state index contributed by atoms with van der Waals surface area (Å²) in [5, 5.41) is 0.537. The van der Waals surface area contributed by atoms with Crippen LogP contribution in [-0.2, 0) is 10.0 Å². The minimum atomic E-state index is -3.64. The van der Waals surface area contributed by atoms with Gasteiger partial charge in [-0.05, 0) is 47.0 Å². The number of hydrazine groups is 1. The third kappa shape index (κ3) is 4.32. The van der Waals surface area contributed by atoms with Crippen LogP contribution >= 0.6 is 27.7 Å². The Labute approximate surface area is 137 Å². The average Bonchev–Trinajstić information content (AvgIpc) is 2.86. The quantitative estimate of drug-likeness (QED) is 0.504. The zero-order chi connectivity index (χ0) is 15.5. The molecule has 1 aliphatic rings. The summed E-state index contributed by atoms with van der Waals surface area (Å²) in [4.78, 5) is 4.04. The summed E-state index contributed by atoms with van der Waals surface area (Å²) < 4.78 is 28.4. The highest BCUT2D eigenvalue weighted by Crippen LogP contribution is 2.31. The molecule has 2 rings (SSSR count). The van der Waals surface area contributed by atoms with Crippen molar-refractivity contribution in [2.45, 2.75) is 42.4 Å². The van der Waals surface area contributed by atoms with E-state index >= 15 is 0 Å². The summed E-state index contributed by atoms with van der Waals surface area (Å²) in [7, 11) is -3.64. The van der Waals surface area contributed by atoms with Crippen molar-refractivity contribution < 1.29 is 8.42 Å². The number of nitrogen functional groups attached to an aromatic ring is 1. The fraction of sp³-hybridized carbons (Fsp3) is 0.583. The van der Waals surface area contributed by atoms with Gasteiger partial charge in [-0.1, -0.05) is 6.92 Å². The monoisotopic (exact) mass is 394 g/mol. The smallest absolute Gasteiger partial charge is 0.244 e. The topological polar surface area (TPSA) is 97.1 Å². The van der Waals surface area contributed by atoms with E-state index in [1.165, 1.54) is 12.3 Å². The molecule has 1 aliphatic carbocycles. The van der Waals surface area contributed by atoms with Gasteiger partial charge in [-0.2, -0.15) is 11.8 Å². The first-order valence-corrected chi connectivity index (χ1v) is 10.0. The average molecular weight is 395 g/mol. The highest BCUT2D eigenvalue weighted by molar-refractivity contribution is 9.10. The lowest BCUT2D eigenvalue weighted by atomic mass is 10.3. The maximum Gasteiger partial charge on any atom is 0.244 e. The number of hydrogen-bond acceptors (Lipinski definition) is 6. The molecule has 21 heavy (non-hydrogen) atoms. The molecule has 0 saturated heterocycles. The second kappa shape index (κ2) is 7.28. The Morgan fingerprint density at radius 2 is 2.29 bits per heavy atom. The van der Waals surface area contributed by atoms with Gasteiger partial charge in [-0.15, -0.1) is 0 Å². The number of nitrogens with zero attached hydrogens (tertiary/aromatic N) is 1. The van der Waals surface area contributed by atoms with Crippen molar-refractivity contribution >= 4 is 43.5 Å². The molecule has 0 spiro atoms. The first-order valence-electron chi connectivity index (χ1n) is 6.72. The van der Waals surface area contributed by atoms with E-state index < -0.39 is 10.0 Å². The van der Waals surface area contributed by atoms with E-state index in [1.54, 1.807) is 0 Å². The Morgan fingerprint density at radius 1 is 1.52 bits per heavy atom. The highest BCUT2D eigenvalue weighted by atomic mass is 79.9. The number of aromatic nitrogens is 1. The van der Waals surface area contributed by atoms with Crippen LogP contribution in [0.4, 0.5) is 5.82 Å². The molecule has 1 aromatic heterocycles. The molecular weight excluding hydrogens is 376 g/mol. The molecule has 1 saturated carbocycles. The minimum Gasteiger partial charge on any atom is -0.307 e. The Kier molecular flexibility index (Phi) is 5.89. The summed E-state index contributed by atoms with van der Waals surface area (Å²) >= 11 is 5.12. The van der Waals surface area contributed by atoms with Crippen LogP contribution in [0.2, 0.25) is 0 Å². The van der Waals surface area contributed by atoms with Crippen molar-refractivity contribution in [1.29, 1.82) is 0 Å². The maximum absolute atomic E-state index is 12.5. The molecule has 4 N–H and O–H groups in total. The molecule has 0 aromatic carbocycles. The van der Waals surface area contributed by atoms with Gasteiger partial charge in [-0.3, -0.25) is 0 Å². The van der Waals surface area contributed by atoms with Gasteiger partial charge in [0.25, 0.3) is 0 Å². The van der Waals surface area contributed by atoms with E-state index in [1.807, 2.05) is 11.8 Å². The fourth-order valence-corrected chi connectivity index (χ4v) is 5.50. The summed E-state index contributed by atoms with van der Waals surface area (Å²) in [6.07, 6.45) is 4.27. The number of halogens is 1. The molecule has 2 atom stereocenters. The van der Waals surface area contributed by atoms with Gasteiger partial charge >= 0.3 is 0 Å². The molecule has 0 aliphatic heterocycles. The van der Waals surface area contributed by atoms with Gasteiger partial charge in [0.05, 0.1) is 0 Å². The van der Waals surface area contributed by atoms with E-state index in [0.717, 1.165) is 25.0 Å². The lowest BCUT2D eigenvalue weighted by molar-refractivity contribution is 0.552. The van der Waals surface area contributed by atoms with Crippen molar-refractivity contribution in [3.63, 3.8) is 0 Å². The molecule has 1 aromatic rings. The Hall–Kier alpha value is -0.350. The zero-order valence-electron chi connectivity index (χ0n) is 11.7. The predicted molar refractivity (Wildman–Crippen MR) is 89.6 cm³/mol. The highest BCUT2D eigenvalue weighted by Gasteiger charge is 2.30. The summed E-state index contributed by atoms with van der Waals surface area (Å²) in [6, 6.07) is 1.47. The third-order valence-corrected chi connectivity index (χ3v) is 6.55.